The van der Waals surface area contributed by atoms with E-state index in [0.29, 0.717) is 24.7 Å². The van der Waals surface area contributed by atoms with Gasteiger partial charge in [0.15, 0.2) is 0 Å². The molecular formula is C19H30O4. The Hall–Kier alpha value is -1.32. The largest absolute Gasteiger partial charge is 0.460 e. The van der Waals surface area contributed by atoms with Crippen molar-refractivity contribution in [3.8, 4) is 0 Å². The summed E-state index contributed by atoms with van der Waals surface area (Å²) in [6.07, 6.45) is 12.1. The molecule has 4 heteroatoms. The van der Waals surface area contributed by atoms with Crippen molar-refractivity contribution in [2.24, 2.45) is 11.8 Å². The van der Waals surface area contributed by atoms with Gasteiger partial charge in [0.2, 0.25) is 0 Å². The molecular weight excluding hydrogens is 292 g/mol. The van der Waals surface area contributed by atoms with Crippen molar-refractivity contribution in [3.63, 3.8) is 0 Å². The van der Waals surface area contributed by atoms with Crippen LogP contribution in [0.15, 0.2) is 12.2 Å². The first-order valence-corrected chi connectivity index (χ1v) is 8.95. The van der Waals surface area contributed by atoms with Crippen molar-refractivity contribution in [1.82, 2.24) is 0 Å². The summed E-state index contributed by atoms with van der Waals surface area (Å²) in [6, 6.07) is 0. The Labute approximate surface area is 139 Å². The zero-order valence-corrected chi connectivity index (χ0v) is 14.7. The highest BCUT2D eigenvalue weighted by Gasteiger charge is 2.40. The molecule has 0 aromatic carbocycles. The molecule has 0 unspecified atom stereocenters. The Balaban J connectivity index is 1.48. The summed E-state index contributed by atoms with van der Waals surface area (Å²) in [5.74, 6) is 0.755. The van der Waals surface area contributed by atoms with E-state index in [1.54, 1.807) is 0 Å². The maximum Gasteiger partial charge on any atom is 0.306 e. The summed E-state index contributed by atoms with van der Waals surface area (Å²) in [4.78, 5) is 22.9. The zero-order valence-electron chi connectivity index (χ0n) is 14.7. The predicted molar refractivity (Wildman–Crippen MR) is 88.8 cm³/mol. The van der Waals surface area contributed by atoms with E-state index in [2.05, 4.69) is 12.2 Å². The van der Waals surface area contributed by atoms with Crippen LogP contribution in [-0.2, 0) is 19.1 Å². The summed E-state index contributed by atoms with van der Waals surface area (Å²) >= 11 is 0. The molecule has 3 atom stereocenters. The van der Waals surface area contributed by atoms with Gasteiger partial charge < -0.3 is 9.47 Å². The molecule has 0 aromatic heterocycles. The lowest BCUT2D eigenvalue weighted by Gasteiger charge is -2.19. The van der Waals surface area contributed by atoms with Crippen LogP contribution in [0.5, 0.6) is 0 Å². The summed E-state index contributed by atoms with van der Waals surface area (Å²) in [7, 11) is 0. The monoisotopic (exact) mass is 322 g/mol. The summed E-state index contributed by atoms with van der Waals surface area (Å²) in [5.41, 5.74) is -0.380. The molecule has 4 nitrogen and oxygen atoms in total. The van der Waals surface area contributed by atoms with Gasteiger partial charge in [-0.15, -0.1) is 0 Å². The minimum absolute atomic E-state index is 0.0429. The lowest BCUT2D eigenvalue weighted by molar-refractivity contribution is -0.155. The minimum atomic E-state index is -0.380. The highest BCUT2D eigenvalue weighted by molar-refractivity contribution is 5.73. The van der Waals surface area contributed by atoms with E-state index in [1.165, 1.54) is 12.8 Å². The molecule has 0 saturated carbocycles. The molecule has 1 saturated heterocycles. The number of unbranched alkanes of at least 4 members (excludes halogenated alkanes) is 4. The third-order valence-corrected chi connectivity index (χ3v) is 4.53. The van der Waals surface area contributed by atoms with E-state index in [4.69, 9.17) is 9.47 Å². The molecule has 0 radical (unpaired) electrons. The van der Waals surface area contributed by atoms with Crippen LogP contribution in [0.3, 0.4) is 0 Å². The number of ether oxygens (including phenoxy) is 2. The minimum Gasteiger partial charge on any atom is -0.460 e. The second kappa shape index (κ2) is 7.98. The van der Waals surface area contributed by atoms with Gasteiger partial charge >= 0.3 is 11.9 Å². The number of hydrogen-bond acceptors (Lipinski definition) is 4. The van der Waals surface area contributed by atoms with Crippen LogP contribution in [-0.4, -0.2) is 23.6 Å². The smallest absolute Gasteiger partial charge is 0.306 e. The Morgan fingerprint density at radius 3 is 2.61 bits per heavy atom. The Kier molecular flexibility index (Phi) is 6.25. The third kappa shape index (κ3) is 6.00. The first-order chi connectivity index (χ1) is 10.8. The highest BCUT2D eigenvalue weighted by Crippen LogP contribution is 2.38. The maximum atomic E-state index is 11.6. The molecule has 0 bridgehead atoms. The lowest BCUT2D eigenvalue weighted by atomic mass is 9.88. The molecule has 1 fully saturated rings. The fourth-order valence-corrected chi connectivity index (χ4v) is 3.45. The van der Waals surface area contributed by atoms with Crippen molar-refractivity contribution in [3.05, 3.63) is 12.2 Å². The van der Waals surface area contributed by atoms with Crippen LogP contribution < -0.4 is 0 Å². The molecule has 130 valence electrons. The summed E-state index contributed by atoms with van der Waals surface area (Å²) < 4.78 is 10.6. The Morgan fingerprint density at radius 2 is 1.87 bits per heavy atom. The number of esters is 2. The predicted octanol–water partition coefficient (Wildman–Crippen LogP) is 4.18. The fourth-order valence-electron chi connectivity index (χ4n) is 3.45. The van der Waals surface area contributed by atoms with Gasteiger partial charge in [-0.3, -0.25) is 9.59 Å². The number of carbonyl (C=O) groups excluding carboxylic acids is 2. The van der Waals surface area contributed by atoms with E-state index < -0.39 is 0 Å². The van der Waals surface area contributed by atoms with E-state index >= 15 is 0 Å². The Morgan fingerprint density at radius 1 is 1.17 bits per heavy atom. The van der Waals surface area contributed by atoms with Crippen LogP contribution in [0.2, 0.25) is 0 Å². The standard InChI is InChI=1S/C19H30O4/c1-19(2,3)23-17(20)10-8-6-4-5-7-9-14-11-12-16-15(14)13-18(21)22-16/h11-12,14-16H,4-10,13H2,1-3H3/t14-,15-,16+/m0/s1. The molecule has 2 aliphatic rings. The highest BCUT2D eigenvalue weighted by atomic mass is 16.6. The molecule has 0 N–H and O–H groups in total. The second-order valence-corrected chi connectivity index (χ2v) is 7.76. The fraction of sp³-hybridized carbons (Fsp3) is 0.789. The number of hydrogen-bond donors (Lipinski definition) is 0. The van der Waals surface area contributed by atoms with Crippen molar-refractivity contribution < 1.29 is 19.1 Å². The molecule has 1 aliphatic heterocycles. The molecule has 0 amide bonds. The van der Waals surface area contributed by atoms with E-state index in [1.807, 2.05) is 20.8 Å². The molecule has 2 rings (SSSR count). The quantitative estimate of drug-likeness (QED) is 0.382. The number of fused-ring (bicyclic) bond motifs is 1. The van der Waals surface area contributed by atoms with Gasteiger partial charge in [-0.2, -0.15) is 0 Å². The lowest BCUT2D eigenvalue weighted by Crippen LogP contribution is -2.23. The second-order valence-electron chi connectivity index (χ2n) is 7.76. The van der Waals surface area contributed by atoms with Gasteiger partial charge in [-0.1, -0.05) is 31.8 Å². The van der Waals surface area contributed by atoms with E-state index in [0.717, 1.165) is 25.7 Å². The van der Waals surface area contributed by atoms with Crippen molar-refractivity contribution in [2.75, 3.05) is 0 Å². The molecule has 1 heterocycles. The SMILES string of the molecule is CC(C)(C)OC(=O)CCCCCCC[C@H]1C=C[C@H]2OC(=O)C[C@@H]12. The molecule has 23 heavy (non-hydrogen) atoms. The first kappa shape index (κ1) is 18.0. The van der Waals surface area contributed by atoms with E-state index in [-0.39, 0.29) is 23.6 Å². The van der Waals surface area contributed by atoms with Gasteiger partial charge in [-0.05, 0) is 45.6 Å². The first-order valence-electron chi connectivity index (χ1n) is 8.95. The normalized spacial score (nSPS) is 26.2. The number of carbonyl (C=O) groups is 2. The molecule has 0 aromatic rings. The van der Waals surface area contributed by atoms with Crippen LogP contribution in [0.4, 0.5) is 0 Å². The van der Waals surface area contributed by atoms with Crippen LogP contribution in [0, 0.1) is 11.8 Å². The van der Waals surface area contributed by atoms with Gasteiger partial charge in [0, 0.05) is 12.3 Å². The van der Waals surface area contributed by atoms with Crippen LogP contribution in [0.25, 0.3) is 0 Å². The van der Waals surface area contributed by atoms with Crippen molar-refractivity contribution >= 4 is 11.9 Å². The molecule has 0 spiro atoms. The van der Waals surface area contributed by atoms with Gasteiger partial charge in [0.1, 0.15) is 11.7 Å². The average molecular weight is 322 g/mol. The van der Waals surface area contributed by atoms with E-state index in [9.17, 15) is 9.59 Å². The Bertz CT molecular complexity index is 447. The van der Waals surface area contributed by atoms with Crippen LogP contribution in [0.1, 0.15) is 72.1 Å². The average Bonchev–Trinajstić information content (AvgIpc) is 2.95. The zero-order chi connectivity index (χ0) is 16.9. The van der Waals surface area contributed by atoms with Crippen molar-refractivity contribution in [2.45, 2.75) is 83.8 Å². The van der Waals surface area contributed by atoms with Gasteiger partial charge in [0.05, 0.1) is 6.42 Å². The molecule has 1 aliphatic carbocycles. The topological polar surface area (TPSA) is 52.6 Å². The number of rotatable bonds is 8. The van der Waals surface area contributed by atoms with Gasteiger partial charge in [-0.25, -0.2) is 0 Å². The van der Waals surface area contributed by atoms with Gasteiger partial charge in [0.25, 0.3) is 0 Å². The summed E-state index contributed by atoms with van der Waals surface area (Å²) in [6.45, 7) is 5.70. The maximum absolute atomic E-state index is 11.6. The van der Waals surface area contributed by atoms with Crippen molar-refractivity contribution in [1.29, 1.82) is 0 Å². The summed E-state index contributed by atoms with van der Waals surface area (Å²) in [5, 5.41) is 0. The number of allylic oxidation sites excluding steroid dienone is 1. The third-order valence-electron chi connectivity index (χ3n) is 4.53. The van der Waals surface area contributed by atoms with Crippen LogP contribution >= 0.6 is 0 Å².